The number of hydrogen-bond acceptors (Lipinski definition) is 5. The van der Waals surface area contributed by atoms with Crippen molar-refractivity contribution in [1.29, 1.82) is 0 Å². The Labute approximate surface area is 195 Å². The summed E-state index contributed by atoms with van der Waals surface area (Å²) in [5.74, 6) is -1.01. The second-order valence-electron chi connectivity index (χ2n) is 8.87. The zero-order chi connectivity index (χ0) is 23.1. The summed E-state index contributed by atoms with van der Waals surface area (Å²) in [6.45, 7) is 1.35. The van der Waals surface area contributed by atoms with E-state index in [1.165, 1.54) is 16.7 Å². The van der Waals surface area contributed by atoms with Gasteiger partial charge in [0.15, 0.2) is 0 Å². The minimum atomic E-state index is -1.37. The number of unbranched alkanes of at least 4 members (excludes halogenated alkanes) is 1. The summed E-state index contributed by atoms with van der Waals surface area (Å²) in [4.78, 5) is 14.3. The van der Waals surface area contributed by atoms with Gasteiger partial charge in [0.25, 0.3) is 0 Å². The molecule has 5 N–H and O–H groups in total. The van der Waals surface area contributed by atoms with Gasteiger partial charge in [-0.25, -0.2) is 0 Å². The smallest absolute Gasteiger partial charge is 0.451 e. The van der Waals surface area contributed by atoms with Crippen molar-refractivity contribution >= 4 is 24.7 Å². The number of carbonyl (C=O) groups is 1. The number of nitrogens with zero attached hydrogens (tertiary/aromatic N) is 1. The highest BCUT2D eigenvalue weighted by atomic mass is 35.5. The summed E-state index contributed by atoms with van der Waals surface area (Å²) in [6, 6.07) is 16.5. The molecular formula is C24H32BClN2O4. The van der Waals surface area contributed by atoms with Gasteiger partial charge in [-0.2, -0.15) is 0 Å². The van der Waals surface area contributed by atoms with Crippen LogP contribution in [-0.2, 0) is 24.2 Å². The van der Waals surface area contributed by atoms with Crippen molar-refractivity contribution in [3.63, 3.8) is 0 Å². The Bertz CT molecular complexity index is 896. The van der Waals surface area contributed by atoms with Gasteiger partial charge < -0.3 is 20.9 Å². The van der Waals surface area contributed by atoms with Crippen molar-refractivity contribution < 1.29 is 19.9 Å². The van der Waals surface area contributed by atoms with Gasteiger partial charge in [-0.1, -0.05) is 60.8 Å². The van der Waals surface area contributed by atoms with Gasteiger partial charge in [-0.05, 0) is 60.8 Å². The monoisotopic (exact) mass is 458 g/mol. The van der Waals surface area contributed by atoms with Crippen molar-refractivity contribution in [1.82, 2.24) is 4.90 Å². The quantitative estimate of drug-likeness (QED) is 0.304. The molecule has 8 heteroatoms. The minimum absolute atomic E-state index is 0.224. The van der Waals surface area contributed by atoms with Crippen molar-refractivity contribution in [3.8, 4) is 0 Å². The third-order valence-corrected chi connectivity index (χ3v) is 6.71. The van der Waals surface area contributed by atoms with Crippen LogP contribution in [0.2, 0.25) is 11.3 Å². The van der Waals surface area contributed by atoms with E-state index in [-0.39, 0.29) is 12.4 Å². The Morgan fingerprint density at radius 2 is 1.78 bits per heavy atom. The third kappa shape index (κ3) is 6.80. The maximum Gasteiger partial charge on any atom is 0.451 e. The van der Waals surface area contributed by atoms with Crippen LogP contribution in [0.25, 0.3) is 0 Å². The van der Waals surface area contributed by atoms with Crippen LogP contribution in [0.1, 0.15) is 42.4 Å². The number of nitrogens with two attached hydrogens (primary N) is 1. The van der Waals surface area contributed by atoms with Crippen molar-refractivity contribution in [2.75, 3.05) is 6.54 Å². The zero-order valence-corrected chi connectivity index (χ0v) is 19.0. The fraction of sp³-hybridized carbons (Fsp3) is 0.458. The number of fused-ring (bicyclic) bond motifs is 1. The number of aliphatic carboxylic acids is 1. The van der Waals surface area contributed by atoms with Gasteiger partial charge in [-0.3, -0.25) is 9.69 Å². The lowest BCUT2D eigenvalue weighted by atomic mass is 9.81. The molecule has 0 radical (unpaired) electrons. The average molecular weight is 459 g/mol. The van der Waals surface area contributed by atoms with E-state index < -0.39 is 18.6 Å². The van der Waals surface area contributed by atoms with Crippen LogP contribution >= 0.6 is 11.6 Å². The summed E-state index contributed by atoms with van der Waals surface area (Å²) in [5, 5.41) is 28.5. The van der Waals surface area contributed by atoms with E-state index in [4.69, 9.17) is 27.4 Å². The SMILES string of the molecule is NC(CCCCB(O)O)(CCN1Cc2ccccc2CC1Cc1ccc(Cl)cc1)C(=O)O. The van der Waals surface area contributed by atoms with E-state index in [2.05, 4.69) is 23.1 Å². The van der Waals surface area contributed by atoms with Crippen LogP contribution in [0.4, 0.5) is 0 Å². The van der Waals surface area contributed by atoms with Crippen molar-refractivity contribution in [3.05, 3.63) is 70.2 Å². The van der Waals surface area contributed by atoms with Crippen LogP contribution in [0, 0.1) is 0 Å². The van der Waals surface area contributed by atoms with E-state index in [0.717, 1.165) is 19.4 Å². The molecule has 6 nitrogen and oxygen atoms in total. The van der Waals surface area contributed by atoms with Gasteiger partial charge in [0, 0.05) is 24.2 Å². The standard InChI is InChI=1S/C24H32BClN2O4/c26-21-9-7-18(8-10-21)15-22-16-19-5-1-2-6-20(19)17-28(22)14-12-24(27,23(29)30)11-3-4-13-25(31)32/h1-2,5-10,22,31-32H,3-4,11-17,27H2,(H,29,30). The van der Waals surface area contributed by atoms with Gasteiger partial charge >= 0.3 is 13.1 Å². The topological polar surface area (TPSA) is 107 Å². The number of carboxylic acids is 1. The predicted octanol–water partition coefficient (Wildman–Crippen LogP) is 3.12. The summed E-state index contributed by atoms with van der Waals surface area (Å²) < 4.78 is 0. The molecule has 0 saturated carbocycles. The Kier molecular flexibility index (Phi) is 8.74. The Morgan fingerprint density at radius 3 is 2.44 bits per heavy atom. The summed E-state index contributed by atoms with van der Waals surface area (Å²) in [7, 11) is -1.37. The Balaban J connectivity index is 1.70. The molecule has 32 heavy (non-hydrogen) atoms. The number of benzene rings is 2. The molecule has 2 aromatic rings. The fourth-order valence-electron chi connectivity index (χ4n) is 4.45. The van der Waals surface area contributed by atoms with Gasteiger partial charge in [0.2, 0.25) is 0 Å². The minimum Gasteiger partial charge on any atom is -0.480 e. The number of halogens is 1. The molecule has 0 saturated heterocycles. The molecule has 2 atom stereocenters. The van der Waals surface area contributed by atoms with Crippen LogP contribution in [0.5, 0.6) is 0 Å². The van der Waals surface area contributed by atoms with Gasteiger partial charge in [-0.15, -0.1) is 0 Å². The largest absolute Gasteiger partial charge is 0.480 e. The average Bonchev–Trinajstić information content (AvgIpc) is 2.76. The van der Waals surface area contributed by atoms with Crippen LogP contribution in [0.15, 0.2) is 48.5 Å². The molecule has 2 unspecified atom stereocenters. The molecule has 0 aliphatic carbocycles. The number of hydrogen-bond donors (Lipinski definition) is 4. The molecule has 0 fully saturated rings. The van der Waals surface area contributed by atoms with Gasteiger partial charge in [0.1, 0.15) is 5.54 Å². The molecule has 3 rings (SSSR count). The molecule has 0 amide bonds. The summed E-state index contributed by atoms with van der Waals surface area (Å²) >= 11 is 6.04. The van der Waals surface area contributed by atoms with Crippen LogP contribution < -0.4 is 5.73 Å². The number of carboxylic acid groups (broad SMARTS) is 1. The highest BCUT2D eigenvalue weighted by Gasteiger charge is 2.35. The number of rotatable bonds is 11. The first-order valence-corrected chi connectivity index (χ1v) is 11.6. The lowest BCUT2D eigenvalue weighted by Crippen LogP contribution is -2.52. The Hall–Kier alpha value is -1.90. The predicted molar refractivity (Wildman–Crippen MR) is 128 cm³/mol. The summed E-state index contributed by atoms with van der Waals surface area (Å²) in [5.41, 5.74) is 8.79. The second-order valence-corrected chi connectivity index (χ2v) is 9.30. The first-order valence-electron chi connectivity index (χ1n) is 11.2. The maximum atomic E-state index is 12.0. The van der Waals surface area contributed by atoms with Gasteiger partial charge in [0.05, 0.1) is 0 Å². The zero-order valence-electron chi connectivity index (χ0n) is 18.3. The molecule has 0 aromatic heterocycles. The molecule has 1 heterocycles. The lowest BCUT2D eigenvalue weighted by molar-refractivity contribution is -0.144. The van der Waals surface area contributed by atoms with E-state index >= 15 is 0 Å². The lowest BCUT2D eigenvalue weighted by Gasteiger charge is -2.39. The molecule has 172 valence electrons. The highest BCUT2D eigenvalue weighted by Crippen LogP contribution is 2.28. The molecule has 0 spiro atoms. The Morgan fingerprint density at radius 1 is 1.09 bits per heavy atom. The van der Waals surface area contributed by atoms with E-state index in [1.54, 1.807) is 0 Å². The van der Waals surface area contributed by atoms with E-state index in [0.29, 0.717) is 37.3 Å². The van der Waals surface area contributed by atoms with E-state index in [9.17, 15) is 9.90 Å². The first kappa shape index (κ1) is 24.7. The molecule has 1 aliphatic heterocycles. The second kappa shape index (κ2) is 11.3. The molecule has 2 aromatic carbocycles. The molecule has 1 aliphatic rings. The highest BCUT2D eigenvalue weighted by molar-refractivity contribution is 6.40. The van der Waals surface area contributed by atoms with Crippen LogP contribution in [-0.4, -0.2) is 51.3 Å². The normalized spacial score (nSPS) is 18.1. The fourth-order valence-corrected chi connectivity index (χ4v) is 4.57. The molecular weight excluding hydrogens is 427 g/mol. The molecule has 0 bridgehead atoms. The van der Waals surface area contributed by atoms with Crippen molar-refractivity contribution in [2.45, 2.75) is 63.0 Å². The first-order chi connectivity index (χ1) is 15.3. The van der Waals surface area contributed by atoms with Crippen LogP contribution in [0.3, 0.4) is 0 Å². The third-order valence-electron chi connectivity index (χ3n) is 6.45. The van der Waals surface area contributed by atoms with E-state index in [1.807, 2.05) is 30.3 Å². The van der Waals surface area contributed by atoms with Crippen molar-refractivity contribution in [2.24, 2.45) is 5.73 Å². The summed E-state index contributed by atoms with van der Waals surface area (Å²) in [6.07, 6.45) is 3.69. The maximum absolute atomic E-state index is 12.0.